The Kier molecular flexibility index (Phi) is 7.67. The van der Waals surface area contributed by atoms with Gasteiger partial charge in [-0.05, 0) is 43.4 Å². The van der Waals surface area contributed by atoms with Crippen molar-refractivity contribution in [3.8, 4) is 16.9 Å². The highest BCUT2D eigenvalue weighted by Crippen LogP contribution is 2.30. The molecule has 0 fully saturated rings. The van der Waals surface area contributed by atoms with Crippen molar-refractivity contribution in [2.75, 3.05) is 25.5 Å². The van der Waals surface area contributed by atoms with Gasteiger partial charge in [-0.1, -0.05) is 29.8 Å². The Bertz CT molecular complexity index is 1410. The average Bonchev–Trinajstić information content (AvgIpc) is 3.29. The summed E-state index contributed by atoms with van der Waals surface area (Å²) in [6.45, 7) is 0.949. The number of nitrogens with one attached hydrogen (secondary N) is 3. The lowest BCUT2D eigenvalue weighted by molar-refractivity contribution is 0.0947. The molecule has 4 rings (SSSR count). The van der Waals surface area contributed by atoms with Crippen LogP contribution >= 0.6 is 11.6 Å². The zero-order chi connectivity index (χ0) is 25.7. The monoisotopic (exact) mass is 510 g/mol. The number of aromatic nitrogens is 3. The number of amides is 2. The Morgan fingerprint density at radius 3 is 2.47 bits per heavy atom. The molecule has 0 bridgehead atoms. The molecule has 36 heavy (non-hydrogen) atoms. The summed E-state index contributed by atoms with van der Waals surface area (Å²) in [5.74, 6) is -2.54. The van der Waals surface area contributed by atoms with Crippen LogP contribution in [0.25, 0.3) is 16.9 Å². The summed E-state index contributed by atoms with van der Waals surface area (Å²) in [6, 6.07) is 14.8. The Hall–Kier alpha value is -4.15. The predicted molar refractivity (Wildman–Crippen MR) is 132 cm³/mol. The fourth-order valence-corrected chi connectivity index (χ4v) is 3.65. The van der Waals surface area contributed by atoms with Gasteiger partial charge in [0, 0.05) is 30.9 Å². The molecule has 0 atom stereocenters. The Balaban J connectivity index is 1.69. The van der Waals surface area contributed by atoms with E-state index < -0.39 is 23.4 Å². The van der Waals surface area contributed by atoms with Crippen molar-refractivity contribution in [2.45, 2.75) is 0 Å². The number of benzene rings is 2. The van der Waals surface area contributed by atoms with Gasteiger partial charge in [0.2, 0.25) is 0 Å². The van der Waals surface area contributed by atoms with E-state index in [1.54, 1.807) is 31.3 Å². The molecule has 2 aromatic heterocycles. The maximum absolute atomic E-state index is 14.6. The molecule has 3 N–H and O–H groups in total. The van der Waals surface area contributed by atoms with E-state index in [1.807, 2.05) is 6.07 Å². The van der Waals surface area contributed by atoms with Gasteiger partial charge >= 0.3 is 0 Å². The highest BCUT2D eigenvalue weighted by atomic mass is 35.5. The van der Waals surface area contributed by atoms with E-state index in [9.17, 15) is 18.4 Å². The third-order valence-electron chi connectivity index (χ3n) is 5.16. The number of hydrogen-bond acceptors (Lipinski definition) is 5. The molecular weight excluding hydrogens is 490 g/mol. The topological polar surface area (TPSA) is 101 Å². The molecule has 4 aromatic rings. The van der Waals surface area contributed by atoms with E-state index in [1.165, 1.54) is 23.0 Å². The zero-order valence-corrected chi connectivity index (χ0v) is 19.8. The van der Waals surface area contributed by atoms with Crippen LogP contribution in [0.4, 0.5) is 14.6 Å². The first-order valence-electron chi connectivity index (χ1n) is 10.9. The van der Waals surface area contributed by atoms with Crippen LogP contribution < -0.4 is 16.0 Å². The van der Waals surface area contributed by atoms with Crippen LogP contribution in [0.1, 0.15) is 20.8 Å². The summed E-state index contributed by atoms with van der Waals surface area (Å²) in [4.78, 5) is 29.6. The number of halogens is 3. The Labute approximate surface area is 210 Å². The van der Waals surface area contributed by atoms with E-state index in [-0.39, 0.29) is 33.4 Å². The predicted octanol–water partition coefficient (Wildman–Crippen LogP) is 4.07. The summed E-state index contributed by atoms with van der Waals surface area (Å²) >= 11 is 6.17. The minimum absolute atomic E-state index is 0.0757. The van der Waals surface area contributed by atoms with Crippen molar-refractivity contribution in [2.24, 2.45) is 0 Å². The molecule has 0 radical (unpaired) electrons. The summed E-state index contributed by atoms with van der Waals surface area (Å²) in [5, 5.41) is 12.5. The number of anilines is 1. The molecular formula is C25H21ClF2N6O2. The molecule has 11 heteroatoms. The van der Waals surface area contributed by atoms with Gasteiger partial charge in [-0.25, -0.2) is 13.5 Å². The van der Waals surface area contributed by atoms with Crippen molar-refractivity contribution in [3.05, 3.63) is 94.8 Å². The second-order valence-electron chi connectivity index (χ2n) is 7.62. The van der Waals surface area contributed by atoms with Crippen LogP contribution in [0.2, 0.25) is 5.02 Å². The number of hydrogen-bond donors (Lipinski definition) is 3. The van der Waals surface area contributed by atoms with Gasteiger partial charge in [0.25, 0.3) is 11.8 Å². The van der Waals surface area contributed by atoms with Gasteiger partial charge in [0.1, 0.15) is 23.1 Å². The third-order valence-corrected chi connectivity index (χ3v) is 5.47. The molecule has 0 aliphatic heterocycles. The average molecular weight is 511 g/mol. The first-order chi connectivity index (χ1) is 17.4. The van der Waals surface area contributed by atoms with Gasteiger partial charge < -0.3 is 16.0 Å². The van der Waals surface area contributed by atoms with E-state index in [0.29, 0.717) is 18.8 Å². The molecule has 2 heterocycles. The highest BCUT2D eigenvalue weighted by molar-refractivity contribution is 6.34. The van der Waals surface area contributed by atoms with Crippen molar-refractivity contribution in [3.63, 3.8) is 0 Å². The number of carbonyl (C=O) groups excluding carboxylic acids is 2. The third kappa shape index (κ3) is 5.40. The normalized spacial score (nSPS) is 10.8. The second-order valence-corrected chi connectivity index (χ2v) is 8.03. The van der Waals surface area contributed by atoms with Gasteiger partial charge in [0.05, 0.1) is 16.3 Å². The molecule has 2 amide bonds. The van der Waals surface area contributed by atoms with Crippen molar-refractivity contribution < 1.29 is 18.4 Å². The molecule has 0 spiro atoms. The lowest BCUT2D eigenvalue weighted by Gasteiger charge is -2.11. The number of pyridine rings is 1. The molecule has 0 aliphatic rings. The summed E-state index contributed by atoms with van der Waals surface area (Å²) in [6.07, 6.45) is 1.31. The first-order valence-corrected chi connectivity index (χ1v) is 11.3. The molecule has 184 valence electrons. The molecule has 0 aliphatic carbocycles. The summed E-state index contributed by atoms with van der Waals surface area (Å²) < 4.78 is 30.2. The lowest BCUT2D eigenvalue weighted by Crippen LogP contribution is -2.30. The summed E-state index contributed by atoms with van der Waals surface area (Å²) in [5.41, 5.74) is 0.0774. The molecule has 2 aromatic carbocycles. The molecule has 0 saturated carbocycles. The quantitative estimate of drug-likeness (QED) is 0.310. The highest BCUT2D eigenvalue weighted by Gasteiger charge is 2.22. The van der Waals surface area contributed by atoms with Gasteiger partial charge in [0.15, 0.2) is 5.69 Å². The second kappa shape index (κ2) is 11.1. The van der Waals surface area contributed by atoms with Crippen molar-refractivity contribution in [1.82, 2.24) is 25.4 Å². The van der Waals surface area contributed by atoms with Gasteiger partial charge in [-0.15, -0.1) is 0 Å². The van der Waals surface area contributed by atoms with E-state index in [0.717, 1.165) is 18.2 Å². The maximum atomic E-state index is 14.6. The Morgan fingerprint density at radius 2 is 1.75 bits per heavy atom. The largest absolute Gasteiger partial charge is 0.349 e. The smallest absolute Gasteiger partial charge is 0.271 e. The number of para-hydroxylation sites is 1. The molecule has 0 saturated heterocycles. The molecule has 0 unspecified atom stereocenters. The number of likely N-dealkylation sites (N-methyl/N-ethyl adjacent to an activating group) is 1. The van der Waals surface area contributed by atoms with Gasteiger partial charge in [-0.2, -0.15) is 5.10 Å². The van der Waals surface area contributed by atoms with Crippen LogP contribution in [0.15, 0.2) is 66.9 Å². The Morgan fingerprint density at radius 1 is 0.972 bits per heavy atom. The van der Waals surface area contributed by atoms with Crippen LogP contribution in [-0.2, 0) is 0 Å². The van der Waals surface area contributed by atoms with Gasteiger partial charge in [-0.3, -0.25) is 14.6 Å². The fraction of sp³-hybridized carbons (Fsp3) is 0.120. The number of carbonyl (C=O) groups is 2. The standard InChI is InChI=1S/C25H21ClF2N6O2/c1-29-10-11-31-25(36)21-14-22(34(33-21)15-6-3-2-4-7-15)32-24(35)16-12-17(20(28)13-18(16)26)23-19(27)8-5-9-30-23/h2-9,12-14,29H,10-11H2,1H3,(H,31,36)(H,32,35). The summed E-state index contributed by atoms with van der Waals surface area (Å²) in [7, 11) is 1.76. The van der Waals surface area contributed by atoms with Crippen LogP contribution in [0, 0.1) is 11.6 Å². The van der Waals surface area contributed by atoms with E-state index in [4.69, 9.17) is 11.6 Å². The van der Waals surface area contributed by atoms with Crippen LogP contribution in [-0.4, -0.2) is 46.7 Å². The van der Waals surface area contributed by atoms with Crippen LogP contribution in [0.3, 0.4) is 0 Å². The first kappa shape index (κ1) is 25.0. The SMILES string of the molecule is CNCCNC(=O)c1cc(NC(=O)c2cc(-c3ncccc3F)c(F)cc2Cl)n(-c2ccccc2)n1. The van der Waals surface area contributed by atoms with Crippen LogP contribution in [0.5, 0.6) is 0 Å². The van der Waals surface area contributed by atoms with E-state index >= 15 is 0 Å². The lowest BCUT2D eigenvalue weighted by atomic mass is 10.1. The number of rotatable bonds is 8. The van der Waals surface area contributed by atoms with E-state index in [2.05, 4.69) is 26.0 Å². The minimum Gasteiger partial charge on any atom is -0.349 e. The van der Waals surface area contributed by atoms with Crippen molar-refractivity contribution in [1.29, 1.82) is 0 Å². The van der Waals surface area contributed by atoms with Crippen molar-refractivity contribution >= 4 is 29.2 Å². The fourth-order valence-electron chi connectivity index (χ4n) is 3.41. The minimum atomic E-state index is -0.830. The zero-order valence-electron chi connectivity index (χ0n) is 19.1. The molecule has 8 nitrogen and oxygen atoms in total. The maximum Gasteiger partial charge on any atom is 0.271 e. The number of nitrogens with zero attached hydrogens (tertiary/aromatic N) is 3.